The van der Waals surface area contributed by atoms with Crippen molar-refractivity contribution in [3.8, 4) is 5.75 Å². The van der Waals surface area contributed by atoms with Crippen LogP contribution in [0.2, 0.25) is 0 Å². The highest BCUT2D eigenvalue weighted by Gasteiger charge is 2.44. The number of Topliss-reactive ketones (excluding diaryl/α,β-unsaturated/α-hetero) is 1. The van der Waals surface area contributed by atoms with Gasteiger partial charge in [0.25, 0.3) is 21.6 Å². The molecule has 17 nitrogen and oxygen atoms in total. The first-order valence-electron chi connectivity index (χ1n) is 28.3. The Labute approximate surface area is 479 Å². The number of nitrogen functional groups attached to an aromatic ring is 1. The quantitative estimate of drug-likeness (QED) is 0.0204. The Hall–Kier alpha value is -8.22. The molecule has 82 heavy (non-hydrogen) atoms. The largest absolute Gasteiger partial charge is 0.489 e. The number of benzene rings is 4. The van der Waals surface area contributed by atoms with E-state index in [1.807, 2.05) is 36.4 Å². The summed E-state index contributed by atoms with van der Waals surface area (Å²) in [4.78, 5) is 55.7. The highest BCUT2D eigenvalue weighted by Crippen LogP contribution is 2.48. The molecule has 3 aliphatic rings. The van der Waals surface area contributed by atoms with Gasteiger partial charge in [0, 0.05) is 90.1 Å². The van der Waals surface area contributed by atoms with Crippen LogP contribution in [-0.2, 0) is 43.4 Å². The van der Waals surface area contributed by atoms with Gasteiger partial charge in [-0.3, -0.25) is 23.9 Å². The smallest absolute Gasteiger partial charge is 0.280 e. The van der Waals surface area contributed by atoms with Crippen molar-refractivity contribution in [3.63, 3.8) is 0 Å². The molecule has 0 spiro atoms. The van der Waals surface area contributed by atoms with E-state index < -0.39 is 15.7 Å². The van der Waals surface area contributed by atoms with E-state index in [-0.39, 0.29) is 51.9 Å². The molecule has 0 fully saturated rings. The third-order valence-corrected chi connectivity index (χ3v) is 16.3. The second-order valence-corrected chi connectivity index (χ2v) is 23.7. The fourth-order valence-electron chi connectivity index (χ4n) is 11.0. The van der Waals surface area contributed by atoms with Gasteiger partial charge in [-0.05, 0) is 111 Å². The summed E-state index contributed by atoms with van der Waals surface area (Å²) in [5.41, 5.74) is 15.5. The van der Waals surface area contributed by atoms with E-state index in [0.717, 1.165) is 54.0 Å². The number of fused-ring (bicyclic) bond motifs is 3. The highest BCUT2D eigenvalue weighted by molar-refractivity contribution is 7.85. The summed E-state index contributed by atoms with van der Waals surface area (Å²) in [6.07, 6.45) is 16.7. The number of para-hydroxylation sites is 2. The molecule has 9 rings (SSSR count). The van der Waals surface area contributed by atoms with Crippen LogP contribution < -0.4 is 31.6 Å². The number of unbranched alkanes of at least 4 members (excludes halogenated alkanes) is 3. The Morgan fingerprint density at radius 2 is 1.63 bits per heavy atom. The van der Waals surface area contributed by atoms with Crippen molar-refractivity contribution in [2.45, 2.75) is 116 Å². The standard InChI is InChI=1S/C64H73N9O8S/c1-6-7-12-37-72-52-19-10-9-18-51(52)64(4,5)56(72)34-32-54-58(44(35-39-80-54)26-33-55-63(2,3)50-17-8-11-20-53(50)73(55)38-13-14-40-82(77,78)79)81-49-30-22-43(23-31-49)21-29-48(74)16-15-36-66-60(75)45-24-27-46(28-25-45)67-41-47-42-68-59-57(69-47)61(76)71-62(65)70-59/h8-11,17-20,22-28,30-34,42H,6-7,12-16,21,29,35-41H2,1-5H3,(H5-,65,66,67,68,70,71,75,76,77,78,79)/p+1. The molecular formula is C64H74N9O8S+. The molecule has 0 unspecified atom stereocenters. The fraction of sp³-hybridized carbons (Fsp3) is 0.359. The molecule has 0 saturated carbocycles. The molecule has 1 amide bonds. The maximum atomic E-state index is 13.1. The van der Waals surface area contributed by atoms with Crippen molar-refractivity contribution in [2.24, 2.45) is 0 Å². The topological polar surface area (TPSA) is 235 Å². The molecule has 0 atom stereocenters. The lowest BCUT2D eigenvalue weighted by molar-refractivity contribution is -0.438. The second-order valence-electron chi connectivity index (χ2n) is 22.1. The first-order chi connectivity index (χ1) is 39.4. The monoisotopic (exact) mass is 1130 g/mol. The number of aryl methyl sites for hydroxylation is 1. The van der Waals surface area contributed by atoms with Gasteiger partial charge in [0.2, 0.25) is 11.6 Å². The Balaban J connectivity index is 0.861. The van der Waals surface area contributed by atoms with Gasteiger partial charge in [0.1, 0.15) is 18.1 Å². The summed E-state index contributed by atoms with van der Waals surface area (Å²) in [7, 11) is -4.07. The normalized spacial score (nSPS) is 16.5. The van der Waals surface area contributed by atoms with E-state index in [1.165, 1.54) is 28.7 Å². The van der Waals surface area contributed by atoms with Gasteiger partial charge in [-0.1, -0.05) is 82.1 Å². The minimum atomic E-state index is -4.07. The summed E-state index contributed by atoms with van der Waals surface area (Å²) in [6, 6.07) is 31.8. The van der Waals surface area contributed by atoms with Crippen molar-refractivity contribution in [1.29, 1.82) is 0 Å². The van der Waals surface area contributed by atoms with Crippen molar-refractivity contribution >= 4 is 61.7 Å². The van der Waals surface area contributed by atoms with Crippen LogP contribution in [0.1, 0.15) is 125 Å². The minimum Gasteiger partial charge on any atom is -0.489 e. The van der Waals surface area contributed by atoms with Crippen LogP contribution >= 0.6 is 0 Å². The van der Waals surface area contributed by atoms with E-state index in [4.69, 9.17) is 15.2 Å². The molecular weight excluding hydrogens is 1050 g/mol. The number of ketones is 1. The zero-order valence-electron chi connectivity index (χ0n) is 47.5. The van der Waals surface area contributed by atoms with Crippen LogP contribution in [0.5, 0.6) is 5.75 Å². The zero-order chi connectivity index (χ0) is 58.0. The number of nitrogens with one attached hydrogen (secondary N) is 3. The van der Waals surface area contributed by atoms with Crippen molar-refractivity contribution in [2.75, 3.05) is 47.9 Å². The van der Waals surface area contributed by atoms with Crippen LogP contribution in [0.25, 0.3) is 11.2 Å². The van der Waals surface area contributed by atoms with Gasteiger partial charge in [0.05, 0.1) is 36.2 Å². The Morgan fingerprint density at radius 3 is 2.40 bits per heavy atom. The Morgan fingerprint density at radius 1 is 0.878 bits per heavy atom. The first kappa shape index (κ1) is 58.4. The van der Waals surface area contributed by atoms with Crippen LogP contribution in [0.15, 0.2) is 155 Å². The number of nitrogens with zero attached hydrogens (tertiary/aromatic N) is 5. The molecule has 5 heterocycles. The van der Waals surface area contributed by atoms with Gasteiger partial charge in [-0.15, -0.1) is 0 Å². The number of H-pyrrole nitrogens is 1. The number of aromatic amines is 1. The van der Waals surface area contributed by atoms with Crippen LogP contribution in [0.3, 0.4) is 0 Å². The molecule has 6 N–H and O–H groups in total. The Bertz CT molecular complexity index is 3670. The Kier molecular flexibility index (Phi) is 18.3. The second kappa shape index (κ2) is 25.7. The minimum absolute atomic E-state index is 0.0289. The number of carbonyl (C=O) groups is 2. The number of allylic oxidation sites excluding steroid dienone is 5. The van der Waals surface area contributed by atoms with E-state index >= 15 is 0 Å². The van der Waals surface area contributed by atoms with Crippen molar-refractivity contribution in [3.05, 3.63) is 189 Å². The number of hydrogen-bond donors (Lipinski definition) is 5. The third-order valence-electron chi connectivity index (χ3n) is 15.5. The average molecular weight is 1130 g/mol. The average Bonchev–Trinajstić information content (AvgIpc) is 2.79. The van der Waals surface area contributed by atoms with Gasteiger partial charge in [-0.2, -0.15) is 18.0 Å². The van der Waals surface area contributed by atoms with Gasteiger partial charge >= 0.3 is 0 Å². The summed E-state index contributed by atoms with van der Waals surface area (Å²) >= 11 is 0. The lowest BCUT2D eigenvalue weighted by atomic mass is 9.81. The number of nitrogens with two attached hydrogens (primary N) is 1. The summed E-state index contributed by atoms with van der Waals surface area (Å²) in [5.74, 6) is 1.40. The van der Waals surface area contributed by atoms with Crippen LogP contribution in [0.4, 0.5) is 23.0 Å². The molecule has 3 aliphatic heterocycles. The molecule has 0 bridgehead atoms. The molecule has 4 aromatic carbocycles. The molecule has 0 aliphatic carbocycles. The summed E-state index contributed by atoms with van der Waals surface area (Å²) in [6.45, 7) is 13.8. The molecule has 6 aromatic rings. The number of rotatable bonds is 25. The predicted molar refractivity (Wildman–Crippen MR) is 322 cm³/mol. The number of anilines is 3. The summed E-state index contributed by atoms with van der Waals surface area (Å²) in [5, 5.41) is 6.13. The molecule has 0 saturated heterocycles. The maximum Gasteiger partial charge on any atom is 0.280 e. The highest BCUT2D eigenvalue weighted by atomic mass is 32.2. The lowest BCUT2D eigenvalue weighted by Crippen LogP contribution is -2.28. The van der Waals surface area contributed by atoms with E-state index in [0.29, 0.717) is 93.2 Å². The van der Waals surface area contributed by atoms with Crippen molar-refractivity contribution in [1.82, 2.24) is 25.3 Å². The van der Waals surface area contributed by atoms with Gasteiger partial charge in [0.15, 0.2) is 28.4 Å². The van der Waals surface area contributed by atoms with E-state index in [9.17, 15) is 27.4 Å². The SMILES string of the molecule is CCCCCN1C(=CC=C2OCCC(C=CC3=[N+](CCCCS(=O)(=O)O)c4ccccc4C3(C)C)=C2Oc2ccc(CCC(=O)CCCNC(=O)c3ccc(NCc4cnc5nc(N)[nH]c(=O)c5n4)cc3)cc2)C(C)(C)c2ccccc21. The summed E-state index contributed by atoms with van der Waals surface area (Å²) < 4.78 is 48.4. The van der Waals surface area contributed by atoms with Gasteiger partial charge < -0.3 is 30.7 Å². The molecule has 0 radical (unpaired) electrons. The number of hydrogen-bond acceptors (Lipinski definition) is 13. The number of carbonyl (C=O) groups excluding carboxylic acids is 2. The first-order valence-corrected chi connectivity index (χ1v) is 30.0. The molecule has 2 aromatic heterocycles. The van der Waals surface area contributed by atoms with Crippen molar-refractivity contribution < 1.29 is 36.6 Å². The predicted octanol–water partition coefficient (Wildman–Crippen LogP) is 10.7. The lowest BCUT2D eigenvalue weighted by Gasteiger charge is -2.27. The number of amides is 1. The van der Waals surface area contributed by atoms with E-state index in [1.54, 1.807) is 24.3 Å². The molecule has 428 valence electrons. The van der Waals surface area contributed by atoms with Gasteiger partial charge in [-0.25, -0.2) is 9.97 Å². The van der Waals surface area contributed by atoms with Crippen LogP contribution in [-0.4, -0.2) is 86.9 Å². The zero-order valence-corrected chi connectivity index (χ0v) is 48.3. The number of ether oxygens (including phenoxy) is 2. The maximum absolute atomic E-state index is 13.1. The van der Waals surface area contributed by atoms with E-state index in [2.05, 4.69) is 135 Å². The molecule has 18 heteroatoms. The number of aromatic nitrogens is 4. The fourth-order valence-corrected chi connectivity index (χ4v) is 11.6. The van der Waals surface area contributed by atoms with Crippen LogP contribution in [0, 0.1) is 0 Å². The third kappa shape index (κ3) is 13.9.